The summed E-state index contributed by atoms with van der Waals surface area (Å²) < 4.78 is 5.21. The zero-order valence-corrected chi connectivity index (χ0v) is 9.30. The molecule has 1 aliphatic rings. The van der Waals surface area contributed by atoms with Gasteiger partial charge in [0.2, 0.25) is 0 Å². The molecule has 1 aliphatic heterocycles. The summed E-state index contributed by atoms with van der Waals surface area (Å²) in [6, 6.07) is 3.68. The van der Waals surface area contributed by atoms with E-state index in [9.17, 15) is 4.79 Å². The van der Waals surface area contributed by atoms with E-state index in [0.29, 0.717) is 26.3 Å². The van der Waals surface area contributed by atoms with E-state index in [1.54, 1.807) is 29.2 Å². The van der Waals surface area contributed by atoms with Crippen LogP contribution in [0.15, 0.2) is 24.5 Å². The second kappa shape index (κ2) is 4.94. The van der Waals surface area contributed by atoms with Crippen LogP contribution in [0, 0.1) is 0 Å². The summed E-state index contributed by atoms with van der Waals surface area (Å²) >= 11 is 0. The van der Waals surface area contributed by atoms with Gasteiger partial charge in [0.25, 0.3) is 0 Å². The lowest BCUT2D eigenvalue weighted by molar-refractivity contribution is 0.0551. The van der Waals surface area contributed by atoms with E-state index in [1.807, 2.05) is 12.1 Å². The number of carbonyl (C=O) groups is 1. The number of carbonyl (C=O) groups excluding carboxylic acids is 1. The third-order valence-electron chi connectivity index (χ3n) is 2.60. The van der Waals surface area contributed by atoms with E-state index in [-0.39, 0.29) is 6.03 Å². The Morgan fingerprint density at radius 1 is 1.50 bits per heavy atom. The minimum absolute atomic E-state index is 0.00343. The number of anilines is 1. The SMILES string of the molecule is CN(C(=O)N1CCOCC1)c1cccnc1. The Kier molecular flexibility index (Phi) is 3.36. The molecule has 1 aromatic rings. The van der Waals surface area contributed by atoms with Crippen molar-refractivity contribution in [3.63, 3.8) is 0 Å². The number of hydrogen-bond donors (Lipinski definition) is 0. The summed E-state index contributed by atoms with van der Waals surface area (Å²) in [5, 5.41) is 0. The first-order chi connectivity index (χ1) is 7.79. The van der Waals surface area contributed by atoms with Crippen molar-refractivity contribution in [3.8, 4) is 0 Å². The highest BCUT2D eigenvalue weighted by molar-refractivity contribution is 5.91. The molecule has 5 heteroatoms. The lowest BCUT2D eigenvalue weighted by atomic mass is 10.4. The molecule has 1 aromatic heterocycles. The standard InChI is InChI=1S/C11H15N3O2/c1-13(10-3-2-4-12-9-10)11(15)14-5-7-16-8-6-14/h2-4,9H,5-8H2,1H3. The Hall–Kier alpha value is -1.62. The van der Waals surface area contributed by atoms with Crippen LogP contribution in [0.3, 0.4) is 0 Å². The van der Waals surface area contributed by atoms with E-state index in [2.05, 4.69) is 4.98 Å². The maximum atomic E-state index is 12.1. The van der Waals surface area contributed by atoms with E-state index >= 15 is 0 Å². The first-order valence-corrected chi connectivity index (χ1v) is 5.29. The van der Waals surface area contributed by atoms with Crippen LogP contribution < -0.4 is 4.90 Å². The van der Waals surface area contributed by atoms with Crippen molar-refractivity contribution in [1.82, 2.24) is 9.88 Å². The Labute approximate surface area is 94.6 Å². The van der Waals surface area contributed by atoms with Crippen LogP contribution >= 0.6 is 0 Å². The molecule has 0 unspecified atom stereocenters. The molecule has 16 heavy (non-hydrogen) atoms. The summed E-state index contributed by atoms with van der Waals surface area (Å²) in [4.78, 5) is 19.5. The molecule has 86 valence electrons. The maximum Gasteiger partial charge on any atom is 0.324 e. The van der Waals surface area contributed by atoms with Gasteiger partial charge in [0.1, 0.15) is 0 Å². The second-order valence-electron chi connectivity index (χ2n) is 3.65. The van der Waals surface area contributed by atoms with E-state index in [1.165, 1.54) is 0 Å². The van der Waals surface area contributed by atoms with Crippen LogP contribution in [0.4, 0.5) is 10.5 Å². The molecule has 2 rings (SSSR count). The summed E-state index contributed by atoms with van der Waals surface area (Å²) in [7, 11) is 1.76. The molecule has 0 aromatic carbocycles. The van der Waals surface area contributed by atoms with Crippen molar-refractivity contribution >= 4 is 11.7 Å². The minimum atomic E-state index is -0.00343. The topological polar surface area (TPSA) is 45.7 Å². The molecule has 0 bridgehead atoms. The fourth-order valence-electron chi connectivity index (χ4n) is 1.63. The van der Waals surface area contributed by atoms with Gasteiger partial charge in [0.05, 0.1) is 25.1 Å². The van der Waals surface area contributed by atoms with Gasteiger partial charge in [-0.2, -0.15) is 0 Å². The van der Waals surface area contributed by atoms with Crippen LogP contribution in [0.1, 0.15) is 0 Å². The number of morpholine rings is 1. The molecule has 1 saturated heterocycles. The molecule has 0 saturated carbocycles. The summed E-state index contributed by atoms with van der Waals surface area (Å²) in [6.07, 6.45) is 3.37. The lowest BCUT2D eigenvalue weighted by Crippen LogP contribution is -2.47. The molecule has 0 atom stereocenters. The van der Waals surface area contributed by atoms with E-state index in [4.69, 9.17) is 4.74 Å². The minimum Gasteiger partial charge on any atom is -0.378 e. The lowest BCUT2D eigenvalue weighted by Gasteiger charge is -2.30. The van der Waals surface area contributed by atoms with Crippen molar-refractivity contribution in [1.29, 1.82) is 0 Å². The molecular formula is C11H15N3O2. The Bertz CT molecular complexity index is 350. The predicted molar refractivity (Wildman–Crippen MR) is 60.4 cm³/mol. The first-order valence-electron chi connectivity index (χ1n) is 5.29. The van der Waals surface area contributed by atoms with Crippen LogP contribution in [-0.4, -0.2) is 49.3 Å². The number of ether oxygens (including phenoxy) is 1. The van der Waals surface area contributed by atoms with Crippen LogP contribution in [-0.2, 0) is 4.74 Å². The van der Waals surface area contributed by atoms with Gasteiger partial charge >= 0.3 is 6.03 Å². The van der Waals surface area contributed by atoms with Crippen molar-refractivity contribution < 1.29 is 9.53 Å². The van der Waals surface area contributed by atoms with Crippen molar-refractivity contribution in [2.45, 2.75) is 0 Å². The van der Waals surface area contributed by atoms with Crippen LogP contribution in [0.25, 0.3) is 0 Å². The van der Waals surface area contributed by atoms with Crippen LogP contribution in [0.5, 0.6) is 0 Å². The fraction of sp³-hybridized carbons (Fsp3) is 0.455. The highest BCUT2D eigenvalue weighted by atomic mass is 16.5. The van der Waals surface area contributed by atoms with Crippen molar-refractivity contribution in [2.24, 2.45) is 0 Å². The molecule has 1 fully saturated rings. The molecule has 0 N–H and O–H groups in total. The number of amides is 2. The van der Waals surface area contributed by atoms with E-state index in [0.717, 1.165) is 5.69 Å². The van der Waals surface area contributed by atoms with Crippen molar-refractivity contribution in [2.75, 3.05) is 38.3 Å². The first kappa shape index (κ1) is 10.9. The zero-order chi connectivity index (χ0) is 11.4. The third-order valence-corrected chi connectivity index (χ3v) is 2.60. The molecule has 2 amide bonds. The number of hydrogen-bond acceptors (Lipinski definition) is 3. The second-order valence-corrected chi connectivity index (χ2v) is 3.65. The Morgan fingerprint density at radius 2 is 2.25 bits per heavy atom. The van der Waals surface area contributed by atoms with Gasteiger partial charge in [0, 0.05) is 26.3 Å². The molecule has 2 heterocycles. The average molecular weight is 221 g/mol. The molecule has 0 aliphatic carbocycles. The maximum absolute atomic E-state index is 12.1. The zero-order valence-electron chi connectivity index (χ0n) is 9.30. The Morgan fingerprint density at radius 3 is 2.88 bits per heavy atom. The summed E-state index contributed by atoms with van der Waals surface area (Å²) in [5.41, 5.74) is 0.805. The molecule has 0 radical (unpaired) electrons. The number of pyridine rings is 1. The van der Waals surface area contributed by atoms with Gasteiger partial charge in [-0.1, -0.05) is 0 Å². The largest absolute Gasteiger partial charge is 0.378 e. The number of aromatic nitrogens is 1. The summed E-state index contributed by atoms with van der Waals surface area (Å²) in [6.45, 7) is 2.55. The molecule has 5 nitrogen and oxygen atoms in total. The number of rotatable bonds is 1. The average Bonchev–Trinajstić information content (AvgIpc) is 2.39. The van der Waals surface area contributed by atoms with Crippen molar-refractivity contribution in [3.05, 3.63) is 24.5 Å². The Balaban J connectivity index is 2.04. The number of urea groups is 1. The van der Waals surface area contributed by atoms with Gasteiger partial charge < -0.3 is 9.64 Å². The summed E-state index contributed by atoms with van der Waals surface area (Å²) in [5.74, 6) is 0. The van der Waals surface area contributed by atoms with Crippen LogP contribution in [0.2, 0.25) is 0 Å². The van der Waals surface area contributed by atoms with Gasteiger partial charge in [-0.15, -0.1) is 0 Å². The number of nitrogens with zero attached hydrogens (tertiary/aromatic N) is 3. The highest BCUT2D eigenvalue weighted by Gasteiger charge is 2.21. The smallest absolute Gasteiger partial charge is 0.324 e. The van der Waals surface area contributed by atoms with Gasteiger partial charge in [-0.25, -0.2) is 4.79 Å². The monoisotopic (exact) mass is 221 g/mol. The van der Waals surface area contributed by atoms with E-state index < -0.39 is 0 Å². The van der Waals surface area contributed by atoms with Gasteiger partial charge in [0.15, 0.2) is 0 Å². The third kappa shape index (κ3) is 2.30. The normalized spacial score (nSPS) is 15.9. The van der Waals surface area contributed by atoms with Gasteiger partial charge in [-0.05, 0) is 12.1 Å². The molecule has 0 spiro atoms. The highest BCUT2D eigenvalue weighted by Crippen LogP contribution is 2.12. The fourth-order valence-corrected chi connectivity index (χ4v) is 1.63. The van der Waals surface area contributed by atoms with Gasteiger partial charge in [-0.3, -0.25) is 9.88 Å². The predicted octanol–water partition coefficient (Wildman–Crippen LogP) is 0.970. The quantitative estimate of drug-likeness (QED) is 0.710. The molecular weight excluding hydrogens is 206 g/mol.